The lowest BCUT2D eigenvalue weighted by molar-refractivity contribution is -0.161. The number of oxime groups is 1. The van der Waals surface area contributed by atoms with E-state index in [9.17, 15) is 29.4 Å². The molecule has 1 saturated heterocycles. The molecule has 20 heteroatoms. The van der Waals surface area contributed by atoms with Crippen LogP contribution in [0, 0.1) is 5.41 Å². The number of carbonyl (C=O) groups is 4. The molecule has 2 amide bonds. The number of thiocarbonyl (C=S) groups is 1. The molecule has 1 unspecified atom stereocenters. The Bertz CT molecular complexity index is 1650. The highest BCUT2D eigenvalue weighted by atomic mass is 32.2. The number of nitrogens with zero attached hydrogens (tertiary/aromatic N) is 6. The number of nitrogens with two attached hydrogens (primary N) is 2. The van der Waals surface area contributed by atoms with Crippen LogP contribution >= 0.6 is 35.3 Å². The number of fused-ring (bicyclic) bond motifs is 1. The molecule has 0 spiro atoms. The maximum Gasteiger partial charge on any atom is 0.353 e. The largest absolute Gasteiger partial charge is 0.478 e. The van der Waals surface area contributed by atoms with Gasteiger partial charge in [-0.3, -0.25) is 24.5 Å². The summed E-state index contributed by atoms with van der Waals surface area (Å²) in [4.78, 5) is 69.1. The van der Waals surface area contributed by atoms with E-state index in [-0.39, 0.29) is 46.1 Å². The van der Waals surface area contributed by atoms with Crippen LogP contribution in [0.15, 0.2) is 16.2 Å². The second-order valence-corrected chi connectivity index (χ2v) is 11.5. The number of carboxylic acids is 2. The smallest absolute Gasteiger partial charge is 0.353 e. The number of amides is 2. The van der Waals surface area contributed by atoms with Crippen molar-refractivity contribution in [1.82, 2.24) is 29.7 Å². The molecule has 0 radical (unpaired) electrons. The van der Waals surface area contributed by atoms with Crippen molar-refractivity contribution in [2.24, 2.45) is 5.16 Å². The van der Waals surface area contributed by atoms with Gasteiger partial charge in [-0.05, 0) is 20.8 Å². The lowest BCUT2D eigenvalue weighted by Gasteiger charge is -2.55. The second kappa shape index (κ2) is 11.1. The Kier molecular flexibility index (Phi) is 8.07. The van der Waals surface area contributed by atoms with Gasteiger partial charge in [-0.2, -0.15) is 9.97 Å². The number of aromatic nitrogens is 4. The van der Waals surface area contributed by atoms with Crippen molar-refractivity contribution in [3.05, 3.63) is 28.2 Å². The molecule has 8 N–H and O–H groups in total. The maximum absolute atomic E-state index is 13.7. The van der Waals surface area contributed by atoms with E-state index in [0.29, 0.717) is 0 Å². The lowest BCUT2D eigenvalue weighted by Crippen LogP contribution is -2.80. The van der Waals surface area contributed by atoms with E-state index >= 15 is 0 Å². The fourth-order valence-electron chi connectivity index (χ4n) is 4.05. The Morgan fingerprint density at radius 2 is 2.02 bits per heavy atom. The van der Waals surface area contributed by atoms with E-state index in [1.54, 1.807) is 6.92 Å². The first-order valence-electron chi connectivity index (χ1n) is 11.9. The van der Waals surface area contributed by atoms with Gasteiger partial charge >= 0.3 is 11.9 Å². The molecule has 4 heterocycles. The van der Waals surface area contributed by atoms with Gasteiger partial charge in [0.05, 0.1) is 0 Å². The number of hydrogen-bond acceptors (Lipinski definition) is 15. The Morgan fingerprint density at radius 1 is 1.33 bits per heavy atom. The Morgan fingerprint density at radius 3 is 2.57 bits per heavy atom. The molecule has 2 aromatic rings. The summed E-state index contributed by atoms with van der Waals surface area (Å²) in [6.07, 6.45) is 0. The SMILES string of the molecule is CCn1c(C2=C(C(=O)O)N3C(=O)C(C=S)(NC(=O)/C(=N\OC(C)(C)C(=O)O)c4csc(N)n4)[C@@H]3SC2)nc(N)nc1=N. The minimum Gasteiger partial charge on any atom is -0.478 e. The average Bonchev–Trinajstić information content (AvgIpc) is 3.35. The molecule has 0 aliphatic carbocycles. The zero-order valence-electron chi connectivity index (χ0n) is 22.1. The van der Waals surface area contributed by atoms with Gasteiger partial charge in [0, 0.05) is 28.6 Å². The third kappa shape index (κ3) is 5.07. The number of hydrogen-bond donors (Lipinski definition) is 6. The number of carboxylic acid groups (broad SMARTS) is 2. The summed E-state index contributed by atoms with van der Waals surface area (Å²) < 4.78 is 1.34. The van der Waals surface area contributed by atoms with Crippen LogP contribution in [0.3, 0.4) is 0 Å². The number of anilines is 2. The Labute approximate surface area is 250 Å². The topological polar surface area (TPSA) is 265 Å². The monoisotopic (exact) mass is 636 g/mol. The normalized spacial score (nSPS) is 20.5. The van der Waals surface area contributed by atoms with Crippen molar-refractivity contribution in [3.63, 3.8) is 0 Å². The van der Waals surface area contributed by atoms with Crippen LogP contribution in [0.1, 0.15) is 32.3 Å². The predicted molar refractivity (Wildman–Crippen MR) is 154 cm³/mol. The molecule has 1 fully saturated rings. The molecule has 42 heavy (non-hydrogen) atoms. The highest BCUT2D eigenvalue weighted by Crippen LogP contribution is 2.47. The maximum atomic E-state index is 13.7. The van der Waals surface area contributed by atoms with Crippen molar-refractivity contribution >= 4 is 86.8 Å². The molecule has 4 rings (SSSR count). The van der Waals surface area contributed by atoms with Crippen LogP contribution in [0.5, 0.6) is 0 Å². The summed E-state index contributed by atoms with van der Waals surface area (Å²) >= 11 is 7.23. The highest BCUT2D eigenvalue weighted by Gasteiger charge is 2.65. The average molecular weight is 637 g/mol. The van der Waals surface area contributed by atoms with E-state index < -0.39 is 51.7 Å². The van der Waals surface area contributed by atoms with Crippen LogP contribution in [-0.2, 0) is 30.6 Å². The molecule has 17 nitrogen and oxygen atoms in total. The predicted octanol–water partition coefficient (Wildman–Crippen LogP) is -0.752. The second-order valence-electron chi connectivity index (χ2n) is 9.30. The highest BCUT2D eigenvalue weighted by molar-refractivity contribution is 8.00. The van der Waals surface area contributed by atoms with E-state index in [4.69, 9.17) is 33.9 Å². The summed E-state index contributed by atoms with van der Waals surface area (Å²) in [5.74, 6) is -4.88. The summed E-state index contributed by atoms with van der Waals surface area (Å²) in [5.41, 5.74) is 6.66. The van der Waals surface area contributed by atoms with E-state index in [0.717, 1.165) is 33.4 Å². The van der Waals surface area contributed by atoms with Gasteiger partial charge in [0.1, 0.15) is 22.6 Å². The van der Waals surface area contributed by atoms with Crippen molar-refractivity contribution < 1.29 is 34.2 Å². The number of nitrogens with one attached hydrogen (secondary N) is 2. The van der Waals surface area contributed by atoms with Gasteiger partial charge < -0.3 is 31.8 Å². The number of nitrogen functional groups attached to an aromatic ring is 2. The van der Waals surface area contributed by atoms with Gasteiger partial charge in [-0.1, -0.05) is 17.4 Å². The fraction of sp³-hybridized carbons (Fsp3) is 0.364. The standard InChI is InChI=1S/C22H24N10O7S3/c1-4-31-12(27-18(23)28-19(31)24)8-5-41-16-22(7-40,15(36)32(16)11(8)14(34)35)29-13(33)10(9-6-42-20(25)26-9)30-39-21(2,3)17(37)38/h6-7,16H,4-5H2,1-3H3,(H2,25,26)(H,29,33)(H,34,35)(H,37,38)(H3,23,24,28)/b30-10-/t16-,22?/m0/s1. The minimum atomic E-state index is -1.86. The van der Waals surface area contributed by atoms with Crippen molar-refractivity contribution in [1.29, 1.82) is 5.41 Å². The molecule has 2 aliphatic rings. The number of β-lactam (4-membered cyclic amide) rings is 1. The fourth-order valence-corrected chi connectivity index (χ4v) is 6.40. The molecular formula is C22H24N10O7S3. The summed E-state index contributed by atoms with van der Waals surface area (Å²) in [5, 5.41) is 35.3. The van der Waals surface area contributed by atoms with Crippen molar-refractivity contribution in [2.75, 3.05) is 17.2 Å². The van der Waals surface area contributed by atoms with Crippen LogP contribution in [0.4, 0.5) is 11.1 Å². The number of aliphatic carboxylic acids is 2. The third-order valence-corrected chi connectivity index (χ3v) is 8.62. The first kappa shape index (κ1) is 30.5. The molecule has 0 aromatic carbocycles. The molecular weight excluding hydrogens is 613 g/mol. The number of carbonyl (C=O) groups excluding carboxylic acids is 2. The van der Waals surface area contributed by atoms with Gasteiger partial charge in [0.2, 0.25) is 17.2 Å². The molecule has 2 aliphatic heterocycles. The minimum absolute atomic E-state index is 0.00769. The molecule has 0 bridgehead atoms. The van der Waals surface area contributed by atoms with E-state index in [1.807, 2.05) is 0 Å². The molecule has 2 aromatic heterocycles. The van der Waals surface area contributed by atoms with Gasteiger partial charge in [0.25, 0.3) is 11.8 Å². The van der Waals surface area contributed by atoms with Crippen molar-refractivity contribution in [2.45, 2.75) is 43.8 Å². The summed E-state index contributed by atoms with van der Waals surface area (Å²) in [6.45, 7) is 4.35. The molecule has 2 atom stereocenters. The summed E-state index contributed by atoms with van der Waals surface area (Å²) in [7, 11) is 0. The van der Waals surface area contributed by atoms with Gasteiger partial charge in [-0.25, -0.2) is 14.6 Å². The summed E-state index contributed by atoms with van der Waals surface area (Å²) in [6, 6.07) is 0. The zero-order chi connectivity index (χ0) is 31.1. The number of thiazole rings is 1. The van der Waals surface area contributed by atoms with Crippen LogP contribution in [0.25, 0.3) is 5.57 Å². The number of thioether (sulfide) groups is 1. The molecule has 0 saturated carbocycles. The van der Waals surface area contributed by atoms with Crippen molar-refractivity contribution in [3.8, 4) is 0 Å². The lowest BCUT2D eigenvalue weighted by atomic mass is 9.87. The third-order valence-electron chi connectivity index (χ3n) is 6.22. The zero-order valence-corrected chi connectivity index (χ0v) is 24.6. The quantitative estimate of drug-likeness (QED) is 0.0811. The Hall–Kier alpha value is -4.43. The first-order valence-corrected chi connectivity index (χ1v) is 14.3. The van der Waals surface area contributed by atoms with Crippen LogP contribution in [0.2, 0.25) is 0 Å². The Balaban J connectivity index is 1.74. The van der Waals surface area contributed by atoms with Gasteiger partial charge in [-0.15, -0.1) is 23.1 Å². The van der Waals surface area contributed by atoms with Crippen LogP contribution < -0.4 is 22.4 Å². The van der Waals surface area contributed by atoms with Gasteiger partial charge in [0.15, 0.2) is 16.4 Å². The molecule has 222 valence electrons. The van der Waals surface area contributed by atoms with Crippen LogP contribution in [-0.4, -0.2) is 91.7 Å². The van der Waals surface area contributed by atoms with E-state index in [1.165, 1.54) is 23.8 Å². The first-order chi connectivity index (χ1) is 19.7. The van der Waals surface area contributed by atoms with E-state index in [2.05, 4.69) is 25.4 Å². The number of rotatable bonds is 10.